The lowest BCUT2D eigenvalue weighted by molar-refractivity contribution is -0.128. The normalized spacial score (nSPS) is 12.2. The van der Waals surface area contributed by atoms with Crippen molar-refractivity contribution in [2.45, 2.75) is 26.4 Å². The van der Waals surface area contributed by atoms with Crippen molar-refractivity contribution < 1.29 is 13.9 Å². The molecule has 0 fully saturated rings. The molecule has 0 bridgehead atoms. The van der Waals surface area contributed by atoms with Crippen molar-refractivity contribution in [2.24, 2.45) is 4.99 Å². The summed E-state index contributed by atoms with van der Waals surface area (Å²) in [7, 11) is 1.76. The van der Waals surface area contributed by atoms with Crippen LogP contribution in [0.3, 0.4) is 0 Å². The molecule has 162 valence electrons. The zero-order valence-electron chi connectivity index (χ0n) is 17.8. The smallest absolute Gasteiger partial charge is 0.244 e. The van der Waals surface area contributed by atoms with Crippen LogP contribution in [-0.4, -0.2) is 61.1 Å². The Bertz CT molecular complexity index is 816. The molecule has 0 aliphatic carbocycles. The van der Waals surface area contributed by atoms with Crippen molar-refractivity contribution in [1.29, 1.82) is 0 Å². The third kappa shape index (κ3) is 8.46. The molecule has 30 heavy (non-hydrogen) atoms. The summed E-state index contributed by atoms with van der Waals surface area (Å²) in [6.07, 6.45) is 2.22. The third-order valence-corrected chi connectivity index (χ3v) is 4.26. The van der Waals surface area contributed by atoms with Gasteiger partial charge in [0, 0.05) is 44.5 Å². The minimum absolute atomic E-state index is 0.0349. The number of nitrogens with zero attached hydrogens (tertiary/aromatic N) is 3. The Morgan fingerprint density at radius 3 is 2.80 bits per heavy atom. The molecule has 7 nitrogen and oxygen atoms in total. The minimum atomic E-state index is -0.340. The van der Waals surface area contributed by atoms with E-state index < -0.39 is 0 Å². The highest BCUT2D eigenvalue weighted by molar-refractivity contribution is 5.84. The summed E-state index contributed by atoms with van der Waals surface area (Å²) >= 11 is 0. The zero-order valence-corrected chi connectivity index (χ0v) is 17.8. The third-order valence-electron chi connectivity index (χ3n) is 4.26. The van der Waals surface area contributed by atoms with Crippen LogP contribution in [0.25, 0.3) is 0 Å². The Morgan fingerprint density at radius 1 is 1.27 bits per heavy atom. The Labute approximate surface area is 177 Å². The van der Waals surface area contributed by atoms with Gasteiger partial charge in [0.05, 0.1) is 6.54 Å². The second-order valence-electron chi connectivity index (χ2n) is 6.85. The summed E-state index contributed by atoms with van der Waals surface area (Å²) in [5.74, 6) is 0.579. The van der Waals surface area contributed by atoms with Crippen molar-refractivity contribution in [2.75, 3.05) is 33.2 Å². The number of ether oxygens (including phenoxy) is 1. The van der Waals surface area contributed by atoms with Crippen molar-refractivity contribution in [1.82, 2.24) is 20.5 Å². The predicted molar refractivity (Wildman–Crippen MR) is 116 cm³/mol. The zero-order chi connectivity index (χ0) is 21.8. The summed E-state index contributed by atoms with van der Waals surface area (Å²) < 4.78 is 19.0. The van der Waals surface area contributed by atoms with Gasteiger partial charge in [0.15, 0.2) is 5.96 Å². The van der Waals surface area contributed by atoms with Gasteiger partial charge in [-0.2, -0.15) is 0 Å². The van der Waals surface area contributed by atoms with E-state index in [0.29, 0.717) is 37.8 Å². The van der Waals surface area contributed by atoms with Gasteiger partial charge < -0.3 is 20.3 Å². The Balaban J connectivity index is 1.79. The van der Waals surface area contributed by atoms with E-state index in [9.17, 15) is 9.18 Å². The van der Waals surface area contributed by atoms with Crippen LogP contribution in [-0.2, 0) is 11.2 Å². The number of pyridine rings is 1. The van der Waals surface area contributed by atoms with Crippen molar-refractivity contribution in [3.05, 3.63) is 60.2 Å². The van der Waals surface area contributed by atoms with Gasteiger partial charge in [-0.15, -0.1) is 0 Å². The first-order chi connectivity index (χ1) is 14.5. The van der Waals surface area contributed by atoms with Crippen LogP contribution >= 0.6 is 0 Å². The van der Waals surface area contributed by atoms with Gasteiger partial charge in [-0.1, -0.05) is 12.1 Å². The van der Waals surface area contributed by atoms with E-state index in [4.69, 9.17) is 4.74 Å². The molecule has 0 spiro atoms. The van der Waals surface area contributed by atoms with Crippen LogP contribution in [0.15, 0.2) is 53.7 Å². The summed E-state index contributed by atoms with van der Waals surface area (Å²) in [5.41, 5.74) is 0.947. The summed E-state index contributed by atoms with van der Waals surface area (Å²) in [5, 5.41) is 6.25. The van der Waals surface area contributed by atoms with Gasteiger partial charge in [-0.25, -0.2) is 9.38 Å². The molecule has 0 aliphatic heterocycles. The highest BCUT2D eigenvalue weighted by atomic mass is 19.1. The standard InChI is InChI=1S/C22H30FN5O2/c1-4-24-22(26-15-17(2)30-20-10-7-8-18(23)14-20)27-16-21(29)28(3)13-11-19-9-5-6-12-25-19/h5-10,12,14,17H,4,11,13,15-16H2,1-3H3,(H2,24,26,27). The lowest BCUT2D eigenvalue weighted by atomic mass is 10.2. The highest BCUT2D eigenvalue weighted by Crippen LogP contribution is 2.13. The number of hydrogen-bond acceptors (Lipinski definition) is 4. The van der Waals surface area contributed by atoms with E-state index in [1.54, 1.807) is 30.3 Å². The average molecular weight is 416 g/mol. The van der Waals surface area contributed by atoms with E-state index in [1.165, 1.54) is 12.1 Å². The molecule has 0 saturated carbocycles. The van der Waals surface area contributed by atoms with Crippen LogP contribution in [0.5, 0.6) is 5.75 Å². The number of rotatable bonds is 10. The number of hydrogen-bond donors (Lipinski definition) is 2. The van der Waals surface area contributed by atoms with Gasteiger partial charge in [-0.05, 0) is 38.1 Å². The van der Waals surface area contributed by atoms with Crippen LogP contribution < -0.4 is 15.4 Å². The van der Waals surface area contributed by atoms with Crippen LogP contribution in [0.4, 0.5) is 4.39 Å². The van der Waals surface area contributed by atoms with Crippen LogP contribution in [0.2, 0.25) is 0 Å². The largest absolute Gasteiger partial charge is 0.489 e. The Morgan fingerprint density at radius 2 is 2.10 bits per heavy atom. The van der Waals surface area contributed by atoms with Crippen molar-refractivity contribution in [3.8, 4) is 5.75 Å². The number of carbonyl (C=O) groups is 1. The van der Waals surface area contributed by atoms with Crippen molar-refractivity contribution >= 4 is 11.9 Å². The number of aliphatic imine (C=N–C) groups is 1. The number of guanidine groups is 1. The monoisotopic (exact) mass is 415 g/mol. The summed E-state index contributed by atoms with van der Waals surface area (Å²) in [6.45, 7) is 5.55. The highest BCUT2D eigenvalue weighted by Gasteiger charge is 2.10. The molecular weight excluding hydrogens is 385 g/mol. The number of nitrogens with one attached hydrogen (secondary N) is 2. The maximum atomic E-state index is 13.3. The van der Waals surface area contributed by atoms with E-state index in [1.807, 2.05) is 32.0 Å². The molecule has 1 amide bonds. The van der Waals surface area contributed by atoms with Crippen molar-refractivity contribution in [3.63, 3.8) is 0 Å². The molecule has 1 aromatic carbocycles. The fourth-order valence-corrected chi connectivity index (χ4v) is 2.62. The van der Waals surface area contributed by atoms with E-state index in [-0.39, 0.29) is 24.4 Å². The van der Waals surface area contributed by atoms with Gasteiger partial charge in [0.1, 0.15) is 24.2 Å². The SMILES string of the molecule is CCNC(=NCC(=O)N(C)CCc1ccccn1)NCC(C)Oc1cccc(F)c1. The number of likely N-dealkylation sites (N-methyl/N-ethyl adjacent to an activating group) is 1. The number of halogens is 1. The first-order valence-electron chi connectivity index (χ1n) is 10.1. The minimum Gasteiger partial charge on any atom is -0.489 e. The number of amides is 1. The molecule has 2 rings (SSSR count). The average Bonchev–Trinajstić information content (AvgIpc) is 2.74. The Hall–Kier alpha value is -3.16. The molecule has 2 N–H and O–H groups in total. The molecule has 1 aromatic heterocycles. The second-order valence-corrected chi connectivity index (χ2v) is 6.85. The summed E-state index contributed by atoms with van der Waals surface area (Å²) in [6, 6.07) is 11.8. The fraction of sp³-hybridized carbons (Fsp3) is 0.409. The molecular formula is C22H30FN5O2. The molecule has 8 heteroatoms. The topological polar surface area (TPSA) is 78.9 Å². The quantitative estimate of drug-likeness (QED) is 0.460. The molecule has 0 radical (unpaired) electrons. The first kappa shape index (κ1) is 23.1. The van der Waals surface area contributed by atoms with Gasteiger partial charge in [0.25, 0.3) is 0 Å². The molecule has 0 saturated heterocycles. The van der Waals surface area contributed by atoms with Crippen LogP contribution in [0.1, 0.15) is 19.5 Å². The van der Waals surface area contributed by atoms with E-state index >= 15 is 0 Å². The Kier molecular flexibility index (Phi) is 9.57. The van der Waals surface area contributed by atoms with E-state index in [0.717, 1.165) is 5.69 Å². The molecule has 0 aliphatic rings. The maximum Gasteiger partial charge on any atom is 0.244 e. The van der Waals surface area contributed by atoms with Gasteiger partial charge in [0.2, 0.25) is 5.91 Å². The van der Waals surface area contributed by atoms with Crippen LogP contribution in [0, 0.1) is 5.82 Å². The molecule has 1 atom stereocenters. The van der Waals surface area contributed by atoms with E-state index in [2.05, 4.69) is 20.6 Å². The first-order valence-corrected chi connectivity index (χ1v) is 10.1. The van der Waals surface area contributed by atoms with Gasteiger partial charge in [-0.3, -0.25) is 9.78 Å². The molecule has 2 aromatic rings. The summed E-state index contributed by atoms with van der Waals surface area (Å²) in [4.78, 5) is 22.6. The number of aromatic nitrogens is 1. The number of carbonyl (C=O) groups excluding carboxylic acids is 1. The second kappa shape index (κ2) is 12.4. The predicted octanol–water partition coefficient (Wildman–Crippen LogP) is 2.24. The molecule has 1 unspecified atom stereocenters. The lowest BCUT2D eigenvalue weighted by Gasteiger charge is -2.19. The van der Waals surface area contributed by atoms with Gasteiger partial charge >= 0.3 is 0 Å². The lowest BCUT2D eigenvalue weighted by Crippen LogP contribution is -2.42. The molecule has 1 heterocycles. The maximum absolute atomic E-state index is 13.3. The fourth-order valence-electron chi connectivity index (χ4n) is 2.62. The number of benzene rings is 1.